The summed E-state index contributed by atoms with van der Waals surface area (Å²) in [7, 11) is 1.95. The minimum atomic E-state index is -0.345. The van der Waals surface area contributed by atoms with E-state index in [1.54, 1.807) is 11.2 Å². The number of hydrogen-bond donors (Lipinski definition) is 1. The highest BCUT2D eigenvalue weighted by Gasteiger charge is 2.27. The van der Waals surface area contributed by atoms with E-state index in [2.05, 4.69) is 4.98 Å². The Morgan fingerprint density at radius 2 is 2.04 bits per heavy atom. The molecule has 2 heterocycles. The van der Waals surface area contributed by atoms with Gasteiger partial charge < -0.3 is 20.1 Å². The molecule has 1 aliphatic rings. The van der Waals surface area contributed by atoms with E-state index in [1.165, 1.54) is 0 Å². The van der Waals surface area contributed by atoms with Crippen LogP contribution in [0.3, 0.4) is 0 Å². The van der Waals surface area contributed by atoms with Gasteiger partial charge in [-0.1, -0.05) is 12.1 Å². The topological polar surface area (TPSA) is 84.5 Å². The maximum absolute atomic E-state index is 12.6. The second-order valence-corrected chi connectivity index (χ2v) is 6.38. The number of imidazole rings is 1. The van der Waals surface area contributed by atoms with Crippen LogP contribution in [0, 0.1) is 5.92 Å². The fourth-order valence-electron chi connectivity index (χ4n) is 3.14. The molecule has 0 radical (unpaired) electrons. The van der Waals surface area contributed by atoms with Crippen molar-refractivity contribution in [1.82, 2.24) is 19.4 Å². The molecule has 24 heavy (non-hydrogen) atoms. The number of likely N-dealkylation sites (N-methyl/N-ethyl adjacent to an activating group) is 1. The SMILES string of the molecule is CN1CCN(C(=O)CCn2cnc3ccccc32)C[C@@H](C(N)=O)C1. The van der Waals surface area contributed by atoms with Gasteiger partial charge in [-0.05, 0) is 19.2 Å². The average molecular weight is 329 g/mol. The van der Waals surface area contributed by atoms with Crippen LogP contribution in [0.15, 0.2) is 30.6 Å². The number of amides is 2. The molecule has 1 fully saturated rings. The lowest BCUT2D eigenvalue weighted by atomic mass is 10.1. The van der Waals surface area contributed by atoms with Crippen LogP contribution in [0.25, 0.3) is 11.0 Å². The lowest BCUT2D eigenvalue weighted by molar-refractivity contribution is -0.132. The van der Waals surface area contributed by atoms with Crippen molar-refractivity contribution < 1.29 is 9.59 Å². The standard InChI is InChI=1S/C17H23N5O2/c1-20-8-9-21(11-13(10-20)17(18)24)16(23)6-7-22-12-19-14-4-2-3-5-15(14)22/h2-5,12-13H,6-11H2,1H3,(H2,18,24)/t13-/m0/s1. The minimum Gasteiger partial charge on any atom is -0.369 e. The Balaban J connectivity index is 1.64. The Labute approximate surface area is 141 Å². The lowest BCUT2D eigenvalue weighted by Crippen LogP contribution is -2.40. The largest absolute Gasteiger partial charge is 0.369 e. The number of primary amides is 1. The summed E-state index contributed by atoms with van der Waals surface area (Å²) in [5.41, 5.74) is 7.41. The molecule has 1 aromatic heterocycles. The summed E-state index contributed by atoms with van der Waals surface area (Å²) in [6.45, 7) is 2.97. The molecule has 128 valence electrons. The van der Waals surface area contributed by atoms with Crippen LogP contribution in [0.4, 0.5) is 0 Å². The van der Waals surface area contributed by atoms with E-state index < -0.39 is 0 Å². The first kappa shape index (κ1) is 16.4. The molecule has 0 spiro atoms. The Morgan fingerprint density at radius 3 is 2.83 bits per heavy atom. The van der Waals surface area contributed by atoms with E-state index in [-0.39, 0.29) is 17.7 Å². The van der Waals surface area contributed by atoms with Crippen molar-refractivity contribution in [3.63, 3.8) is 0 Å². The van der Waals surface area contributed by atoms with Crippen LogP contribution in [-0.2, 0) is 16.1 Å². The number of carbonyl (C=O) groups is 2. The van der Waals surface area contributed by atoms with Crippen LogP contribution in [0.1, 0.15) is 6.42 Å². The molecule has 1 aromatic carbocycles. The molecule has 0 unspecified atom stereocenters. The third-order valence-electron chi connectivity index (χ3n) is 4.57. The van der Waals surface area contributed by atoms with Crippen LogP contribution in [0.2, 0.25) is 0 Å². The van der Waals surface area contributed by atoms with Gasteiger partial charge in [-0.25, -0.2) is 4.98 Å². The Kier molecular flexibility index (Phi) is 4.80. The average Bonchev–Trinajstić information content (AvgIpc) is 2.87. The molecule has 2 amide bonds. The normalized spacial score (nSPS) is 19.4. The number of carbonyl (C=O) groups excluding carboxylic acids is 2. The summed E-state index contributed by atoms with van der Waals surface area (Å²) in [4.78, 5) is 32.3. The lowest BCUT2D eigenvalue weighted by Gasteiger charge is -2.22. The van der Waals surface area contributed by atoms with E-state index in [4.69, 9.17) is 5.73 Å². The molecule has 0 saturated carbocycles. The van der Waals surface area contributed by atoms with Gasteiger partial charge in [0.2, 0.25) is 11.8 Å². The summed E-state index contributed by atoms with van der Waals surface area (Å²) in [5, 5.41) is 0. The molecule has 0 aliphatic carbocycles. The van der Waals surface area contributed by atoms with Gasteiger partial charge in [-0.2, -0.15) is 0 Å². The zero-order valence-corrected chi connectivity index (χ0v) is 13.9. The number of nitrogens with two attached hydrogens (primary N) is 1. The molecule has 3 rings (SSSR count). The van der Waals surface area contributed by atoms with Crippen molar-refractivity contribution in [3.05, 3.63) is 30.6 Å². The smallest absolute Gasteiger partial charge is 0.224 e. The van der Waals surface area contributed by atoms with Gasteiger partial charge >= 0.3 is 0 Å². The van der Waals surface area contributed by atoms with Crippen LogP contribution < -0.4 is 5.73 Å². The second kappa shape index (κ2) is 7.00. The maximum Gasteiger partial charge on any atom is 0.224 e. The third kappa shape index (κ3) is 3.56. The van der Waals surface area contributed by atoms with Crippen LogP contribution in [0.5, 0.6) is 0 Å². The Bertz CT molecular complexity index is 741. The molecular formula is C17H23N5O2. The first-order valence-electron chi connectivity index (χ1n) is 8.20. The number of hydrogen-bond acceptors (Lipinski definition) is 4. The molecule has 1 aliphatic heterocycles. The van der Waals surface area contributed by atoms with Crippen molar-refractivity contribution in [3.8, 4) is 0 Å². The number of rotatable bonds is 4. The molecule has 1 atom stereocenters. The zero-order chi connectivity index (χ0) is 17.1. The summed E-state index contributed by atoms with van der Waals surface area (Å²) in [5.74, 6) is -0.605. The van der Waals surface area contributed by atoms with Gasteiger partial charge in [0, 0.05) is 39.1 Å². The van der Waals surface area contributed by atoms with E-state index in [9.17, 15) is 9.59 Å². The Morgan fingerprint density at radius 1 is 1.25 bits per heavy atom. The number of benzene rings is 1. The minimum absolute atomic E-state index is 0.0503. The molecule has 7 heteroatoms. The predicted molar refractivity (Wildman–Crippen MR) is 91.1 cm³/mol. The van der Waals surface area contributed by atoms with Gasteiger partial charge in [0.05, 0.1) is 23.3 Å². The van der Waals surface area contributed by atoms with Crippen LogP contribution in [-0.4, -0.2) is 64.4 Å². The van der Waals surface area contributed by atoms with E-state index in [0.29, 0.717) is 32.6 Å². The van der Waals surface area contributed by atoms with Crippen molar-refractivity contribution >= 4 is 22.8 Å². The van der Waals surface area contributed by atoms with E-state index >= 15 is 0 Å². The van der Waals surface area contributed by atoms with Crippen molar-refractivity contribution in [2.45, 2.75) is 13.0 Å². The van der Waals surface area contributed by atoms with Crippen molar-refractivity contribution in [1.29, 1.82) is 0 Å². The summed E-state index contributed by atoms with van der Waals surface area (Å²) in [6, 6.07) is 7.86. The van der Waals surface area contributed by atoms with Gasteiger partial charge in [-0.15, -0.1) is 0 Å². The number of aryl methyl sites for hydroxylation is 1. The fraction of sp³-hybridized carbons (Fsp3) is 0.471. The summed E-state index contributed by atoms with van der Waals surface area (Å²) >= 11 is 0. The number of aromatic nitrogens is 2. The second-order valence-electron chi connectivity index (χ2n) is 6.38. The quantitative estimate of drug-likeness (QED) is 0.874. The summed E-state index contributed by atoms with van der Waals surface area (Å²) in [6.07, 6.45) is 2.15. The number of fused-ring (bicyclic) bond motifs is 1. The van der Waals surface area contributed by atoms with Gasteiger partial charge in [0.15, 0.2) is 0 Å². The maximum atomic E-state index is 12.6. The van der Waals surface area contributed by atoms with Crippen molar-refractivity contribution in [2.75, 3.05) is 33.2 Å². The molecule has 1 saturated heterocycles. The predicted octanol–water partition coefficient (Wildman–Crippen LogP) is 0.302. The summed E-state index contributed by atoms with van der Waals surface area (Å²) < 4.78 is 1.99. The highest BCUT2D eigenvalue weighted by atomic mass is 16.2. The molecule has 7 nitrogen and oxygen atoms in total. The monoisotopic (exact) mass is 329 g/mol. The molecule has 2 aromatic rings. The first-order chi connectivity index (χ1) is 11.5. The Hall–Kier alpha value is -2.41. The highest BCUT2D eigenvalue weighted by molar-refractivity contribution is 5.80. The van der Waals surface area contributed by atoms with Crippen molar-refractivity contribution in [2.24, 2.45) is 11.7 Å². The number of nitrogens with zero attached hydrogens (tertiary/aromatic N) is 4. The zero-order valence-electron chi connectivity index (χ0n) is 13.9. The van der Waals surface area contributed by atoms with Gasteiger partial charge in [0.1, 0.15) is 0 Å². The molecule has 2 N–H and O–H groups in total. The van der Waals surface area contributed by atoms with Gasteiger partial charge in [-0.3, -0.25) is 9.59 Å². The van der Waals surface area contributed by atoms with E-state index in [0.717, 1.165) is 17.6 Å². The molecular weight excluding hydrogens is 306 g/mol. The van der Waals surface area contributed by atoms with Crippen LogP contribution >= 0.6 is 0 Å². The highest BCUT2D eigenvalue weighted by Crippen LogP contribution is 2.14. The fourth-order valence-corrected chi connectivity index (χ4v) is 3.14. The van der Waals surface area contributed by atoms with Gasteiger partial charge in [0.25, 0.3) is 0 Å². The first-order valence-corrected chi connectivity index (χ1v) is 8.20. The third-order valence-corrected chi connectivity index (χ3v) is 4.57. The molecule has 0 bridgehead atoms. The van der Waals surface area contributed by atoms with E-state index in [1.807, 2.05) is 40.8 Å². The number of para-hydroxylation sites is 2.